The maximum absolute atomic E-state index is 10.5. The molecule has 5 nitrogen and oxygen atoms in total. The van der Waals surface area contributed by atoms with E-state index < -0.39 is 11.8 Å². The number of carbonyl (C=O) groups is 2. The number of nitriles is 1. The lowest BCUT2D eigenvalue weighted by molar-refractivity contribution is -0.126. The number of rotatable bonds is 1. The lowest BCUT2D eigenvalue weighted by Gasteiger charge is -1.94. The van der Waals surface area contributed by atoms with Crippen LogP contribution >= 0.6 is 0 Å². The fourth-order valence-electron chi connectivity index (χ4n) is 0.286. The number of hydrogen-bond donors (Lipinski definition) is 2. The van der Waals surface area contributed by atoms with Crippen molar-refractivity contribution in [1.82, 2.24) is 10.6 Å². The Labute approximate surface area is 77.4 Å². The molecule has 0 saturated carbocycles. The van der Waals surface area contributed by atoms with E-state index in [9.17, 15) is 9.59 Å². The molecule has 0 radical (unpaired) electrons. The van der Waals surface area contributed by atoms with Crippen LogP contribution in [0.25, 0.3) is 0 Å². The predicted octanol–water partition coefficient (Wildman–Crippen LogP) is -0.436. The second kappa shape index (κ2) is 8.43. The van der Waals surface area contributed by atoms with Gasteiger partial charge in [-0.25, -0.2) is 0 Å². The van der Waals surface area contributed by atoms with Crippen molar-refractivity contribution in [3.8, 4) is 6.07 Å². The molecule has 72 valence electrons. The summed E-state index contributed by atoms with van der Waals surface area (Å²) < 4.78 is 0. The summed E-state index contributed by atoms with van der Waals surface area (Å²) in [5, 5.41) is 12.7. The molecule has 5 heteroatoms. The highest BCUT2D eigenvalue weighted by atomic mass is 16.2. The molecule has 0 heterocycles. The molecule has 0 aliphatic carbocycles. The second-order valence-corrected chi connectivity index (χ2v) is 2.10. The van der Waals surface area contributed by atoms with Crippen molar-refractivity contribution in [3.05, 3.63) is 12.2 Å². The summed E-state index contributed by atoms with van der Waals surface area (Å²) in [6.45, 7) is 4.28. The lowest BCUT2D eigenvalue weighted by Crippen LogP contribution is -2.28. The number of imide groups is 1. The maximum Gasteiger partial charge on any atom is 0.267 e. The van der Waals surface area contributed by atoms with Gasteiger partial charge in [-0.05, 0) is 14.1 Å². The number of nitrogens with one attached hydrogen (secondary N) is 2. The van der Waals surface area contributed by atoms with Gasteiger partial charge in [0.2, 0.25) is 5.91 Å². The Hall–Kier alpha value is -1.67. The Morgan fingerprint density at radius 2 is 1.77 bits per heavy atom. The molecule has 0 aliphatic rings. The van der Waals surface area contributed by atoms with Gasteiger partial charge in [0.15, 0.2) is 0 Å². The number of nitrogens with zero attached hydrogens (tertiary/aromatic N) is 1. The smallest absolute Gasteiger partial charge is 0.267 e. The molecule has 0 atom stereocenters. The molecule has 0 saturated heterocycles. The van der Waals surface area contributed by atoms with Crippen molar-refractivity contribution in [2.75, 3.05) is 14.1 Å². The molecule has 0 spiro atoms. The van der Waals surface area contributed by atoms with E-state index in [1.807, 2.05) is 19.4 Å². The van der Waals surface area contributed by atoms with Crippen molar-refractivity contribution in [2.45, 2.75) is 6.92 Å². The summed E-state index contributed by atoms with van der Waals surface area (Å²) in [6.07, 6.45) is 0. The first-order chi connectivity index (χ1) is 5.99. The molecule has 2 amide bonds. The molecule has 0 unspecified atom stereocenters. The van der Waals surface area contributed by atoms with Gasteiger partial charge in [0, 0.05) is 6.92 Å². The van der Waals surface area contributed by atoms with Gasteiger partial charge >= 0.3 is 0 Å². The zero-order chi connectivity index (χ0) is 10.9. The maximum atomic E-state index is 10.5. The largest absolute Gasteiger partial charge is 0.323 e. The molecule has 0 aromatic rings. The quantitative estimate of drug-likeness (QED) is 0.426. The summed E-state index contributed by atoms with van der Waals surface area (Å²) in [6, 6.07) is 1.51. The Kier molecular flexibility index (Phi) is 9.00. The van der Waals surface area contributed by atoms with Crippen LogP contribution in [0, 0.1) is 11.3 Å². The van der Waals surface area contributed by atoms with Crippen molar-refractivity contribution < 1.29 is 9.59 Å². The summed E-state index contributed by atoms with van der Waals surface area (Å²) in [7, 11) is 3.75. The van der Waals surface area contributed by atoms with Crippen molar-refractivity contribution in [2.24, 2.45) is 0 Å². The third kappa shape index (κ3) is 10.3. The van der Waals surface area contributed by atoms with Crippen LogP contribution in [0.1, 0.15) is 6.92 Å². The molecule has 0 aromatic heterocycles. The summed E-state index contributed by atoms with van der Waals surface area (Å²) >= 11 is 0. The highest BCUT2D eigenvalue weighted by Crippen LogP contribution is 1.84. The van der Waals surface area contributed by atoms with Gasteiger partial charge in [-0.2, -0.15) is 5.26 Å². The highest BCUT2D eigenvalue weighted by molar-refractivity contribution is 6.05. The summed E-state index contributed by atoms with van der Waals surface area (Å²) in [4.78, 5) is 20.7. The van der Waals surface area contributed by atoms with E-state index in [0.29, 0.717) is 0 Å². The van der Waals surface area contributed by atoms with Gasteiger partial charge in [-0.1, -0.05) is 6.58 Å². The van der Waals surface area contributed by atoms with E-state index in [1.54, 1.807) is 0 Å². The molecular formula is C8H13N3O2. The third-order valence-electron chi connectivity index (χ3n) is 0.699. The van der Waals surface area contributed by atoms with Gasteiger partial charge in [-0.3, -0.25) is 14.9 Å². The third-order valence-corrected chi connectivity index (χ3v) is 0.699. The standard InChI is InChI=1S/C6H6N2O2.C2H7N/c1-4(3-7)6(10)8-5(2)9;1-3-2/h1H2,2H3,(H,8,9,10);3H,1-2H3. The average molecular weight is 183 g/mol. The SMILES string of the molecule is C=C(C#N)C(=O)NC(C)=O.CNC. The highest BCUT2D eigenvalue weighted by Gasteiger charge is 2.05. The van der Waals surface area contributed by atoms with Crippen LogP contribution in [0.15, 0.2) is 12.2 Å². The first-order valence-corrected chi connectivity index (χ1v) is 3.49. The van der Waals surface area contributed by atoms with Gasteiger partial charge < -0.3 is 5.32 Å². The molecule has 0 bridgehead atoms. The van der Waals surface area contributed by atoms with Crippen LogP contribution in [0.2, 0.25) is 0 Å². The zero-order valence-electron chi connectivity index (χ0n) is 7.97. The Bertz CT molecular complexity index is 240. The van der Waals surface area contributed by atoms with Gasteiger partial charge in [0.1, 0.15) is 11.6 Å². The van der Waals surface area contributed by atoms with Crippen molar-refractivity contribution >= 4 is 11.8 Å². The molecule has 0 rings (SSSR count). The number of amides is 2. The minimum Gasteiger partial charge on any atom is -0.323 e. The van der Waals surface area contributed by atoms with Gasteiger partial charge in [-0.15, -0.1) is 0 Å². The van der Waals surface area contributed by atoms with Gasteiger partial charge in [0.25, 0.3) is 5.91 Å². The van der Waals surface area contributed by atoms with Crippen LogP contribution in [-0.4, -0.2) is 25.9 Å². The minimum atomic E-state index is -0.741. The Morgan fingerprint density at radius 1 is 1.38 bits per heavy atom. The van der Waals surface area contributed by atoms with E-state index >= 15 is 0 Å². The lowest BCUT2D eigenvalue weighted by atomic mass is 10.3. The Morgan fingerprint density at radius 3 is 2.00 bits per heavy atom. The minimum absolute atomic E-state index is 0.268. The van der Waals surface area contributed by atoms with Crippen LogP contribution in [0.4, 0.5) is 0 Å². The van der Waals surface area contributed by atoms with Crippen molar-refractivity contribution in [1.29, 1.82) is 5.26 Å². The van der Waals surface area contributed by atoms with Crippen LogP contribution in [0.5, 0.6) is 0 Å². The molecule has 0 aliphatic heterocycles. The van der Waals surface area contributed by atoms with Crippen LogP contribution in [0.3, 0.4) is 0 Å². The molecule has 0 fully saturated rings. The van der Waals surface area contributed by atoms with Crippen LogP contribution < -0.4 is 10.6 Å². The van der Waals surface area contributed by atoms with E-state index in [0.717, 1.165) is 0 Å². The molecule has 2 N–H and O–H groups in total. The summed E-state index contributed by atoms with van der Waals surface area (Å²) in [5.41, 5.74) is -0.268. The fraction of sp³-hybridized carbons (Fsp3) is 0.375. The number of carbonyl (C=O) groups excluding carboxylic acids is 2. The monoisotopic (exact) mass is 183 g/mol. The van der Waals surface area contributed by atoms with E-state index in [1.165, 1.54) is 13.0 Å². The van der Waals surface area contributed by atoms with E-state index in [2.05, 4.69) is 11.9 Å². The normalized spacial score (nSPS) is 7.23. The Balaban J connectivity index is 0. The fourth-order valence-corrected chi connectivity index (χ4v) is 0.286. The summed E-state index contributed by atoms with van der Waals surface area (Å²) in [5.74, 6) is -1.24. The second-order valence-electron chi connectivity index (χ2n) is 2.10. The topological polar surface area (TPSA) is 82.0 Å². The first kappa shape index (κ1) is 13.9. The van der Waals surface area contributed by atoms with E-state index in [4.69, 9.17) is 5.26 Å². The molecular weight excluding hydrogens is 170 g/mol. The van der Waals surface area contributed by atoms with Crippen molar-refractivity contribution in [3.63, 3.8) is 0 Å². The molecule has 0 aromatic carbocycles. The van der Waals surface area contributed by atoms with E-state index in [-0.39, 0.29) is 5.57 Å². The zero-order valence-corrected chi connectivity index (χ0v) is 7.97. The van der Waals surface area contributed by atoms with Crippen LogP contribution in [-0.2, 0) is 9.59 Å². The molecule has 13 heavy (non-hydrogen) atoms. The van der Waals surface area contributed by atoms with Gasteiger partial charge in [0.05, 0.1) is 0 Å². The average Bonchev–Trinajstić information content (AvgIpc) is 2.03. The predicted molar refractivity (Wildman–Crippen MR) is 48.6 cm³/mol. The first-order valence-electron chi connectivity index (χ1n) is 3.49. The number of hydrogen-bond acceptors (Lipinski definition) is 4.